The van der Waals surface area contributed by atoms with Crippen LogP contribution in [0.2, 0.25) is 0 Å². The molecular formula is C21H36O3. The lowest BCUT2D eigenvalue weighted by Gasteiger charge is -2.10. The maximum absolute atomic E-state index is 11.4. The van der Waals surface area contributed by atoms with E-state index >= 15 is 0 Å². The highest BCUT2D eigenvalue weighted by molar-refractivity contribution is 5.69. The smallest absolute Gasteiger partial charge is 0.308 e. The van der Waals surface area contributed by atoms with Crippen LogP contribution in [-0.4, -0.2) is 19.4 Å². The van der Waals surface area contributed by atoms with Gasteiger partial charge >= 0.3 is 5.97 Å². The Morgan fingerprint density at radius 1 is 0.875 bits per heavy atom. The number of esters is 1. The standard InChI is InChI=1S/C21H36O3/c1-4-5-6-7-8-9-10-11-12-13-14-15-16-17-18-19-21(22)24-20(2)23-3/h5-6,8-9,11-12,20H,4,7,10,13-19H2,1-3H3/b6-5-,9-8-,12-11-. The van der Waals surface area contributed by atoms with Crippen LogP contribution in [0.4, 0.5) is 0 Å². The Hall–Kier alpha value is -1.35. The van der Waals surface area contributed by atoms with Gasteiger partial charge in [-0.15, -0.1) is 0 Å². The summed E-state index contributed by atoms with van der Waals surface area (Å²) in [5.74, 6) is -0.162. The Morgan fingerprint density at radius 2 is 1.46 bits per heavy atom. The first kappa shape index (κ1) is 22.6. The summed E-state index contributed by atoms with van der Waals surface area (Å²) in [5.41, 5.74) is 0. The van der Waals surface area contributed by atoms with Gasteiger partial charge in [0.25, 0.3) is 0 Å². The van der Waals surface area contributed by atoms with E-state index in [2.05, 4.69) is 43.4 Å². The number of allylic oxidation sites excluding steroid dienone is 6. The van der Waals surface area contributed by atoms with E-state index in [9.17, 15) is 4.79 Å². The number of unbranched alkanes of at least 4 members (excludes halogenated alkanes) is 5. The molecule has 0 aliphatic rings. The summed E-state index contributed by atoms with van der Waals surface area (Å²) in [5, 5.41) is 0. The molecular weight excluding hydrogens is 300 g/mol. The van der Waals surface area contributed by atoms with Crippen LogP contribution in [0.25, 0.3) is 0 Å². The largest absolute Gasteiger partial charge is 0.436 e. The molecule has 1 atom stereocenters. The van der Waals surface area contributed by atoms with Gasteiger partial charge < -0.3 is 9.47 Å². The molecule has 24 heavy (non-hydrogen) atoms. The molecule has 3 nitrogen and oxygen atoms in total. The zero-order valence-corrected chi connectivity index (χ0v) is 15.8. The summed E-state index contributed by atoms with van der Waals surface area (Å²) in [7, 11) is 1.54. The van der Waals surface area contributed by atoms with Crippen LogP contribution in [0, 0.1) is 0 Å². The van der Waals surface area contributed by atoms with Crippen LogP contribution < -0.4 is 0 Å². The van der Waals surface area contributed by atoms with Crippen molar-refractivity contribution in [3.63, 3.8) is 0 Å². The van der Waals surface area contributed by atoms with Crippen molar-refractivity contribution in [2.75, 3.05) is 7.11 Å². The number of hydrogen-bond donors (Lipinski definition) is 0. The fourth-order valence-electron chi connectivity index (χ4n) is 2.18. The van der Waals surface area contributed by atoms with Crippen molar-refractivity contribution in [2.24, 2.45) is 0 Å². The summed E-state index contributed by atoms with van der Waals surface area (Å²) < 4.78 is 9.93. The van der Waals surface area contributed by atoms with Gasteiger partial charge in [-0.25, -0.2) is 0 Å². The molecule has 0 spiro atoms. The van der Waals surface area contributed by atoms with E-state index in [-0.39, 0.29) is 5.97 Å². The third-order valence-corrected chi connectivity index (χ3v) is 3.66. The van der Waals surface area contributed by atoms with E-state index in [1.54, 1.807) is 6.92 Å². The second-order valence-corrected chi connectivity index (χ2v) is 5.89. The van der Waals surface area contributed by atoms with Gasteiger partial charge in [0.05, 0.1) is 0 Å². The molecule has 0 bridgehead atoms. The molecule has 3 heteroatoms. The van der Waals surface area contributed by atoms with Gasteiger partial charge in [0.2, 0.25) is 0 Å². The Morgan fingerprint density at radius 3 is 2.12 bits per heavy atom. The summed E-state index contributed by atoms with van der Waals surface area (Å²) >= 11 is 0. The van der Waals surface area contributed by atoms with E-state index in [0.717, 1.165) is 38.5 Å². The first-order valence-electron chi connectivity index (χ1n) is 9.38. The number of methoxy groups -OCH3 is 1. The van der Waals surface area contributed by atoms with Gasteiger partial charge in [-0.2, -0.15) is 0 Å². The first-order valence-corrected chi connectivity index (χ1v) is 9.38. The summed E-state index contributed by atoms with van der Waals surface area (Å²) in [6.45, 7) is 3.88. The monoisotopic (exact) mass is 336 g/mol. The summed E-state index contributed by atoms with van der Waals surface area (Å²) in [6, 6.07) is 0. The molecule has 138 valence electrons. The Balaban J connectivity index is 3.34. The van der Waals surface area contributed by atoms with Gasteiger partial charge in [-0.05, 0) is 45.4 Å². The normalized spacial score (nSPS) is 13.3. The van der Waals surface area contributed by atoms with Crippen LogP contribution in [0.3, 0.4) is 0 Å². The lowest BCUT2D eigenvalue weighted by molar-refractivity contribution is -0.169. The highest BCUT2D eigenvalue weighted by Crippen LogP contribution is 2.09. The first-order chi connectivity index (χ1) is 11.7. The third-order valence-electron chi connectivity index (χ3n) is 3.66. The molecule has 0 N–H and O–H groups in total. The lowest BCUT2D eigenvalue weighted by Crippen LogP contribution is -2.16. The minimum absolute atomic E-state index is 0.162. The molecule has 0 aromatic carbocycles. The topological polar surface area (TPSA) is 35.5 Å². The van der Waals surface area contributed by atoms with Crippen molar-refractivity contribution in [3.8, 4) is 0 Å². The molecule has 0 aliphatic heterocycles. The van der Waals surface area contributed by atoms with Gasteiger partial charge in [-0.1, -0.05) is 62.6 Å². The minimum atomic E-state index is -0.438. The van der Waals surface area contributed by atoms with Crippen LogP contribution in [0.5, 0.6) is 0 Å². The van der Waals surface area contributed by atoms with Crippen LogP contribution >= 0.6 is 0 Å². The summed E-state index contributed by atoms with van der Waals surface area (Å²) in [6.07, 6.45) is 23.4. The van der Waals surface area contributed by atoms with E-state index in [0.29, 0.717) is 6.42 Å². The fraction of sp³-hybridized carbons (Fsp3) is 0.667. The molecule has 0 aromatic rings. The zero-order chi connectivity index (χ0) is 17.9. The van der Waals surface area contributed by atoms with Crippen LogP contribution in [0.1, 0.15) is 78.1 Å². The Bertz CT molecular complexity index is 369. The highest BCUT2D eigenvalue weighted by atomic mass is 16.7. The molecule has 0 aliphatic carbocycles. The van der Waals surface area contributed by atoms with E-state index in [4.69, 9.17) is 9.47 Å². The molecule has 0 amide bonds. The van der Waals surface area contributed by atoms with Gasteiger partial charge in [0.15, 0.2) is 6.29 Å². The quantitative estimate of drug-likeness (QED) is 0.157. The minimum Gasteiger partial charge on any atom is -0.436 e. The number of rotatable bonds is 15. The molecule has 0 fully saturated rings. The molecule has 1 unspecified atom stereocenters. The molecule has 0 rings (SSSR count). The van der Waals surface area contributed by atoms with Gasteiger partial charge in [0, 0.05) is 13.5 Å². The zero-order valence-electron chi connectivity index (χ0n) is 15.8. The maximum Gasteiger partial charge on any atom is 0.308 e. The third kappa shape index (κ3) is 17.0. The van der Waals surface area contributed by atoms with Gasteiger partial charge in [0.1, 0.15) is 0 Å². The lowest BCUT2D eigenvalue weighted by atomic mass is 10.1. The fourth-order valence-corrected chi connectivity index (χ4v) is 2.18. The number of carbonyl (C=O) groups excluding carboxylic acids is 1. The van der Waals surface area contributed by atoms with Crippen molar-refractivity contribution in [2.45, 2.75) is 84.3 Å². The predicted octanol–water partition coefficient (Wildman–Crippen LogP) is 6.11. The van der Waals surface area contributed by atoms with Crippen molar-refractivity contribution in [1.82, 2.24) is 0 Å². The van der Waals surface area contributed by atoms with Crippen molar-refractivity contribution >= 4 is 5.97 Å². The predicted molar refractivity (Wildman–Crippen MR) is 102 cm³/mol. The van der Waals surface area contributed by atoms with E-state index < -0.39 is 6.29 Å². The molecule has 0 saturated carbocycles. The van der Waals surface area contributed by atoms with Crippen LogP contribution in [0.15, 0.2) is 36.5 Å². The molecule has 0 saturated heterocycles. The van der Waals surface area contributed by atoms with Crippen molar-refractivity contribution in [1.29, 1.82) is 0 Å². The second-order valence-electron chi connectivity index (χ2n) is 5.89. The number of carbonyl (C=O) groups is 1. The average molecular weight is 337 g/mol. The Kier molecular flexibility index (Phi) is 17.0. The Labute approximate surface area is 148 Å². The van der Waals surface area contributed by atoms with E-state index in [1.807, 2.05) is 0 Å². The van der Waals surface area contributed by atoms with Crippen LogP contribution in [-0.2, 0) is 14.3 Å². The van der Waals surface area contributed by atoms with Crippen molar-refractivity contribution in [3.05, 3.63) is 36.5 Å². The SMILES string of the molecule is CC/C=C\C/C=C\C/C=C\CCCCCCCC(=O)OC(C)OC. The number of hydrogen-bond acceptors (Lipinski definition) is 3. The molecule has 0 aromatic heterocycles. The highest BCUT2D eigenvalue weighted by Gasteiger charge is 2.07. The molecule has 0 radical (unpaired) electrons. The van der Waals surface area contributed by atoms with Crippen molar-refractivity contribution < 1.29 is 14.3 Å². The van der Waals surface area contributed by atoms with Gasteiger partial charge in [-0.3, -0.25) is 4.79 Å². The number of ether oxygens (including phenoxy) is 2. The molecule has 0 heterocycles. The second kappa shape index (κ2) is 18.0. The average Bonchev–Trinajstić information content (AvgIpc) is 2.58. The maximum atomic E-state index is 11.4. The summed E-state index contributed by atoms with van der Waals surface area (Å²) in [4.78, 5) is 11.4. The van der Waals surface area contributed by atoms with E-state index in [1.165, 1.54) is 26.4 Å².